The van der Waals surface area contributed by atoms with Gasteiger partial charge in [-0.05, 0) is 24.6 Å². The molecule has 0 saturated heterocycles. The van der Waals surface area contributed by atoms with E-state index in [1.54, 1.807) is 18.5 Å². The fraction of sp³-hybridized carbons (Fsp3) is 0.167. The van der Waals surface area contributed by atoms with Crippen molar-refractivity contribution in [2.24, 2.45) is 5.73 Å². The third-order valence-corrected chi connectivity index (χ3v) is 3.62. The summed E-state index contributed by atoms with van der Waals surface area (Å²) < 4.78 is 1.93. The number of benzene rings is 1. The highest BCUT2D eigenvalue weighted by atomic mass is 16.1. The van der Waals surface area contributed by atoms with E-state index in [0.29, 0.717) is 24.5 Å². The van der Waals surface area contributed by atoms with Crippen molar-refractivity contribution >= 4 is 11.7 Å². The first-order chi connectivity index (χ1) is 11.6. The largest absolute Gasteiger partial charge is 0.331 e. The SMILES string of the molecule is Cc1cccc(Cn2cnc(NC(=O)c3ccc(CN)nc3)c2)c1. The molecule has 24 heavy (non-hydrogen) atoms. The van der Waals surface area contributed by atoms with Crippen LogP contribution in [-0.2, 0) is 13.1 Å². The summed E-state index contributed by atoms with van der Waals surface area (Å²) in [6, 6.07) is 11.7. The number of anilines is 1. The Morgan fingerprint density at radius 1 is 1.25 bits per heavy atom. The number of pyridine rings is 1. The molecule has 1 amide bonds. The van der Waals surface area contributed by atoms with E-state index in [0.717, 1.165) is 5.69 Å². The predicted molar refractivity (Wildman–Crippen MR) is 92.6 cm³/mol. The number of rotatable bonds is 5. The normalized spacial score (nSPS) is 10.6. The molecule has 0 atom stereocenters. The number of aromatic nitrogens is 3. The second-order valence-corrected chi connectivity index (χ2v) is 5.62. The Kier molecular flexibility index (Phi) is 4.67. The van der Waals surface area contributed by atoms with Crippen molar-refractivity contribution in [3.63, 3.8) is 0 Å². The topological polar surface area (TPSA) is 85.8 Å². The number of nitrogens with two attached hydrogens (primary N) is 1. The van der Waals surface area contributed by atoms with E-state index in [-0.39, 0.29) is 5.91 Å². The molecule has 0 unspecified atom stereocenters. The summed E-state index contributed by atoms with van der Waals surface area (Å²) in [6.45, 7) is 3.12. The highest BCUT2D eigenvalue weighted by Gasteiger charge is 2.08. The molecule has 0 aliphatic carbocycles. The molecule has 0 fully saturated rings. The summed E-state index contributed by atoms with van der Waals surface area (Å²) in [7, 11) is 0. The number of aryl methyl sites for hydroxylation is 1. The van der Waals surface area contributed by atoms with E-state index in [1.807, 2.05) is 16.8 Å². The van der Waals surface area contributed by atoms with Crippen LogP contribution in [0.1, 0.15) is 27.2 Å². The molecule has 0 spiro atoms. The van der Waals surface area contributed by atoms with Crippen molar-refractivity contribution in [2.75, 3.05) is 5.32 Å². The number of hydrogen-bond acceptors (Lipinski definition) is 4. The number of carbonyl (C=O) groups is 1. The van der Waals surface area contributed by atoms with Gasteiger partial charge in [0, 0.05) is 25.5 Å². The Balaban J connectivity index is 1.65. The van der Waals surface area contributed by atoms with E-state index in [9.17, 15) is 4.79 Å². The molecule has 0 bridgehead atoms. The number of hydrogen-bond donors (Lipinski definition) is 2. The molecule has 6 heteroatoms. The number of carbonyl (C=O) groups excluding carboxylic acids is 1. The lowest BCUT2D eigenvalue weighted by atomic mass is 10.1. The van der Waals surface area contributed by atoms with Gasteiger partial charge in [-0.1, -0.05) is 29.8 Å². The molecule has 0 saturated carbocycles. The molecule has 0 aliphatic rings. The average molecular weight is 321 g/mol. The number of amides is 1. The summed E-state index contributed by atoms with van der Waals surface area (Å²) >= 11 is 0. The number of nitrogens with zero attached hydrogens (tertiary/aromatic N) is 3. The summed E-state index contributed by atoms with van der Waals surface area (Å²) in [4.78, 5) is 20.5. The molecule has 1 aromatic carbocycles. The molecular formula is C18H19N5O. The highest BCUT2D eigenvalue weighted by molar-refractivity contribution is 6.03. The van der Waals surface area contributed by atoms with Crippen LogP contribution < -0.4 is 11.1 Å². The average Bonchev–Trinajstić information content (AvgIpc) is 3.02. The molecule has 0 radical (unpaired) electrons. The van der Waals surface area contributed by atoms with Gasteiger partial charge in [-0.25, -0.2) is 4.98 Å². The summed E-state index contributed by atoms with van der Waals surface area (Å²) in [5, 5.41) is 2.77. The molecule has 2 heterocycles. The Bertz CT molecular complexity index is 839. The lowest BCUT2D eigenvalue weighted by Gasteiger charge is -2.04. The van der Waals surface area contributed by atoms with E-state index in [2.05, 4.69) is 40.4 Å². The van der Waals surface area contributed by atoms with Crippen LogP contribution in [0.2, 0.25) is 0 Å². The first-order valence-electron chi connectivity index (χ1n) is 7.68. The fourth-order valence-corrected chi connectivity index (χ4v) is 2.40. The van der Waals surface area contributed by atoms with Crippen molar-refractivity contribution in [1.82, 2.24) is 14.5 Å². The van der Waals surface area contributed by atoms with Gasteiger partial charge in [0.1, 0.15) is 0 Å². The van der Waals surface area contributed by atoms with Crippen molar-refractivity contribution in [3.05, 3.63) is 77.5 Å². The summed E-state index contributed by atoms with van der Waals surface area (Å²) in [5.41, 5.74) is 9.12. The van der Waals surface area contributed by atoms with E-state index in [4.69, 9.17) is 5.73 Å². The van der Waals surface area contributed by atoms with Gasteiger partial charge in [0.2, 0.25) is 0 Å². The fourth-order valence-electron chi connectivity index (χ4n) is 2.40. The van der Waals surface area contributed by atoms with Crippen LogP contribution in [0.4, 0.5) is 5.82 Å². The van der Waals surface area contributed by atoms with Crippen LogP contribution in [0.5, 0.6) is 0 Å². The molecule has 2 aromatic heterocycles. The van der Waals surface area contributed by atoms with Crippen LogP contribution in [0.3, 0.4) is 0 Å². The van der Waals surface area contributed by atoms with E-state index < -0.39 is 0 Å². The highest BCUT2D eigenvalue weighted by Crippen LogP contribution is 2.10. The maximum absolute atomic E-state index is 12.2. The Morgan fingerprint density at radius 3 is 2.83 bits per heavy atom. The monoisotopic (exact) mass is 321 g/mol. The van der Waals surface area contributed by atoms with Crippen LogP contribution in [0, 0.1) is 6.92 Å². The van der Waals surface area contributed by atoms with Gasteiger partial charge in [-0.15, -0.1) is 0 Å². The van der Waals surface area contributed by atoms with Crippen molar-refractivity contribution < 1.29 is 4.79 Å². The van der Waals surface area contributed by atoms with Crippen molar-refractivity contribution in [2.45, 2.75) is 20.0 Å². The van der Waals surface area contributed by atoms with Gasteiger partial charge in [0.25, 0.3) is 5.91 Å². The van der Waals surface area contributed by atoms with Crippen LogP contribution >= 0.6 is 0 Å². The quantitative estimate of drug-likeness (QED) is 0.755. The van der Waals surface area contributed by atoms with Crippen LogP contribution in [0.15, 0.2) is 55.1 Å². The molecular weight excluding hydrogens is 302 g/mol. The zero-order valence-corrected chi connectivity index (χ0v) is 13.4. The second kappa shape index (κ2) is 7.06. The minimum Gasteiger partial charge on any atom is -0.331 e. The zero-order chi connectivity index (χ0) is 16.9. The van der Waals surface area contributed by atoms with E-state index in [1.165, 1.54) is 17.3 Å². The predicted octanol–water partition coefficient (Wildman–Crippen LogP) is 2.35. The molecule has 0 aliphatic heterocycles. The van der Waals surface area contributed by atoms with Crippen LogP contribution in [-0.4, -0.2) is 20.4 Å². The maximum Gasteiger partial charge on any atom is 0.258 e. The molecule has 3 aromatic rings. The molecule has 3 rings (SSSR count). The lowest BCUT2D eigenvalue weighted by Crippen LogP contribution is -2.13. The van der Waals surface area contributed by atoms with Crippen molar-refractivity contribution in [3.8, 4) is 0 Å². The number of imidazole rings is 1. The molecule has 6 nitrogen and oxygen atoms in total. The summed E-state index contributed by atoms with van der Waals surface area (Å²) in [6.07, 6.45) is 5.02. The Hall–Kier alpha value is -2.99. The van der Waals surface area contributed by atoms with Gasteiger partial charge >= 0.3 is 0 Å². The van der Waals surface area contributed by atoms with Gasteiger partial charge in [-0.3, -0.25) is 9.78 Å². The van der Waals surface area contributed by atoms with Gasteiger partial charge < -0.3 is 15.6 Å². The Morgan fingerprint density at radius 2 is 2.12 bits per heavy atom. The molecule has 3 N–H and O–H groups in total. The minimum absolute atomic E-state index is 0.244. The van der Waals surface area contributed by atoms with Gasteiger partial charge in [0.05, 0.1) is 17.6 Å². The van der Waals surface area contributed by atoms with Crippen LogP contribution in [0.25, 0.3) is 0 Å². The third kappa shape index (κ3) is 3.85. The van der Waals surface area contributed by atoms with Gasteiger partial charge in [-0.2, -0.15) is 0 Å². The molecule has 122 valence electrons. The number of nitrogens with one attached hydrogen (secondary N) is 1. The first kappa shape index (κ1) is 15.9. The Labute approximate surface area is 140 Å². The van der Waals surface area contributed by atoms with Gasteiger partial charge in [0.15, 0.2) is 5.82 Å². The van der Waals surface area contributed by atoms with Crippen molar-refractivity contribution in [1.29, 1.82) is 0 Å². The zero-order valence-electron chi connectivity index (χ0n) is 13.4. The summed E-state index contributed by atoms with van der Waals surface area (Å²) in [5.74, 6) is 0.266. The standard InChI is InChI=1S/C18H19N5O/c1-13-3-2-4-14(7-13)10-23-11-17(21-12-23)22-18(24)15-5-6-16(8-19)20-9-15/h2-7,9,11-12H,8,10,19H2,1H3,(H,22,24). The third-order valence-electron chi connectivity index (χ3n) is 3.62. The maximum atomic E-state index is 12.2. The smallest absolute Gasteiger partial charge is 0.258 e. The minimum atomic E-state index is -0.244. The lowest BCUT2D eigenvalue weighted by molar-refractivity contribution is 0.102. The first-order valence-corrected chi connectivity index (χ1v) is 7.68. The van der Waals surface area contributed by atoms with E-state index >= 15 is 0 Å². The second-order valence-electron chi connectivity index (χ2n) is 5.62.